The molecule has 37 heavy (non-hydrogen) atoms. The van der Waals surface area contributed by atoms with Crippen LogP contribution in [0.3, 0.4) is 0 Å². The number of hydrogen-bond donors (Lipinski definition) is 1. The van der Waals surface area contributed by atoms with E-state index in [0.717, 1.165) is 67.1 Å². The van der Waals surface area contributed by atoms with Gasteiger partial charge in [0.2, 0.25) is 0 Å². The quantitative estimate of drug-likeness (QED) is 0.364. The van der Waals surface area contributed by atoms with Crippen molar-refractivity contribution in [1.82, 2.24) is 5.43 Å². The van der Waals surface area contributed by atoms with Crippen molar-refractivity contribution in [3.05, 3.63) is 53.1 Å². The second kappa shape index (κ2) is 11.6. The van der Waals surface area contributed by atoms with Crippen LogP contribution in [-0.2, 0) is 6.42 Å². The van der Waals surface area contributed by atoms with Gasteiger partial charge in [-0.1, -0.05) is 44.0 Å². The van der Waals surface area contributed by atoms with Crippen molar-refractivity contribution in [3.63, 3.8) is 0 Å². The first-order chi connectivity index (χ1) is 18.1. The number of nitrogens with zero attached hydrogens (tertiary/aromatic N) is 3. The van der Waals surface area contributed by atoms with Gasteiger partial charge in [-0.15, -0.1) is 0 Å². The van der Waals surface area contributed by atoms with E-state index in [2.05, 4.69) is 46.6 Å². The molecular formula is C29H36N4O3S. The van der Waals surface area contributed by atoms with Gasteiger partial charge < -0.3 is 14.4 Å². The van der Waals surface area contributed by atoms with Crippen molar-refractivity contribution in [2.45, 2.75) is 69.6 Å². The molecule has 2 aliphatic heterocycles. The molecular weight excluding hydrogens is 484 g/mol. The van der Waals surface area contributed by atoms with Crippen molar-refractivity contribution in [2.24, 2.45) is 10.1 Å². The molecule has 7 nitrogen and oxygen atoms in total. The lowest BCUT2D eigenvalue weighted by molar-refractivity contribution is 0.260. The number of aryl methyl sites for hydroxylation is 1. The third-order valence-electron chi connectivity index (χ3n) is 7.46. The molecule has 1 aliphatic carbocycles. The first kappa shape index (κ1) is 25.6. The number of carbonyl (C=O) groups is 1. The van der Waals surface area contributed by atoms with Gasteiger partial charge in [0.05, 0.1) is 31.2 Å². The number of benzene rings is 2. The largest absolute Gasteiger partial charge is 0.493 e. The second-order valence-corrected chi connectivity index (χ2v) is 11.0. The predicted octanol–water partition coefficient (Wildman–Crippen LogP) is 6.18. The number of thioether (sulfide) groups is 1. The van der Waals surface area contributed by atoms with Crippen LogP contribution in [0.5, 0.6) is 11.5 Å². The van der Waals surface area contributed by atoms with Crippen molar-refractivity contribution >= 4 is 34.2 Å². The Kier molecular flexibility index (Phi) is 8.03. The molecule has 1 fully saturated rings. The van der Waals surface area contributed by atoms with Crippen LogP contribution >= 0.6 is 11.8 Å². The Hall–Kier alpha value is -3.00. The number of amides is 1. The zero-order chi connectivity index (χ0) is 25.8. The van der Waals surface area contributed by atoms with Gasteiger partial charge in [0, 0.05) is 17.8 Å². The van der Waals surface area contributed by atoms with E-state index in [0.29, 0.717) is 11.8 Å². The molecule has 1 atom stereocenters. The number of aliphatic imine (C=N–C) groups is 1. The van der Waals surface area contributed by atoms with Crippen molar-refractivity contribution in [1.29, 1.82) is 0 Å². The van der Waals surface area contributed by atoms with E-state index in [9.17, 15) is 4.79 Å². The number of carbonyl (C=O) groups excluding carboxylic acids is 1. The number of hydrazone groups is 1. The minimum atomic E-state index is -0.0850. The highest BCUT2D eigenvalue weighted by Gasteiger charge is 2.28. The van der Waals surface area contributed by atoms with Gasteiger partial charge in [-0.2, -0.15) is 5.10 Å². The molecule has 0 bridgehead atoms. The van der Waals surface area contributed by atoms with Gasteiger partial charge >= 0.3 is 0 Å². The van der Waals surface area contributed by atoms with Crippen LogP contribution < -0.4 is 19.8 Å². The standard InChI is InChI=1S/C29H36N4O3S/c1-4-26-27(31-32-29(34)37-26)20-12-14-23-19(17-20)9-8-16-33(23)28(30-22-10-6-5-7-11-22)21-13-15-24(35-2)25(18-21)36-3/h12-15,17-18,22,26H,4-11,16H2,1-3H3,(H,32,34)/b30-28-. The van der Waals surface area contributed by atoms with Gasteiger partial charge in [-0.25, -0.2) is 5.43 Å². The Morgan fingerprint density at radius 3 is 2.65 bits per heavy atom. The van der Waals surface area contributed by atoms with Crippen LogP contribution in [0.1, 0.15) is 68.6 Å². The Bertz CT molecular complexity index is 1210. The van der Waals surface area contributed by atoms with E-state index in [1.165, 1.54) is 42.3 Å². The van der Waals surface area contributed by atoms with Gasteiger partial charge in [-0.05, 0) is 73.6 Å². The lowest BCUT2D eigenvalue weighted by Gasteiger charge is -2.34. The summed E-state index contributed by atoms with van der Waals surface area (Å²) in [7, 11) is 3.34. The molecule has 2 aromatic carbocycles. The predicted molar refractivity (Wildman–Crippen MR) is 152 cm³/mol. The molecule has 1 amide bonds. The number of anilines is 1. The van der Waals surface area contributed by atoms with Crippen molar-refractivity contribution in [2.75, 3.05) is 25.7 Å². The highest BCUT2D eigenvalue weighted by molar-refractivity contribution is 8.14. The summed E-state index contributed by atoms with van der Waals surface area (Å²) in [5.74, 6) is 2.44. The number of ether oxygens (including phenoxy) is 2. The monoisotopic (exact) mass is 520 g/mol. The summed E-state index contributed by atoms with van der Waals surface area (Å²) < 4.78 is 11.1. The Balaban J connectivity index is 1.54. The minimum absolute atomic E-state index is 0.0710. The van der Waals surface area contributed by atoms with Crippen LogP contribution in [0.15, 0.2) is 46.5 Å². The number of rotatable bonds is 6. The Labute approximate surface area is 223 Å². The fraction of sp³-hybridized carbons (Fsp3) is 0.483. The van der Waals surface area contributed by atoms with Gasteiger partial charge in [0.15, 0.2) is 11.5 Å². The Morgan fingerprint density at radius 1 is 1.08 bits per heavy atom. The molecule has 2 heterocycles. The Morgan fingerprint density at radius 2 is 1.89 bits per heavy atom. The van der Waals surface area contributed by atoms with E-state index >= 15 is 0 Å². The van der Waals surface area contributed by atoms with Crippen molar-refractivity contribution < 1.29 is 14.3 Å². The van der Waals surface area contributed by atoms with Crippen LogP contribution in [0.4, 0.5) is 10.5 Å². The molecule has 0 spiro atoms. The van der Waals surface area contributed by atoms with Crippen LogP contribution in [0.2, 0.25) is 0 Å². The van der Waals surface area contributed by atoms with E-state index in [-0.39, 0.29) is 10.5 Å². The zero-order valence-corrected chi connectivity index (χ0v) is 22.8. The van der Waals surface area contributed by atoms with E-state index in [1.807, 2.05) is 12.1 Å². The second-order valence-electron chi connectivity index (χ2n) is 9.82. The molecule has 1 unspecified atom stereocenters. The molecule has 2 aromatic rings. The van der Waals surface area contributed by atoms with Crippen LogP contribution in [0.25, 0.3) is 0 Å². The molecule has 8 heteroatoms. The summed E-state index contributed by atoms with van der Waals surface area (Å²) in [4.78, 5) is 19.6. The number of nitrogens with one attached hydrogen (secondary N) is 1. The lowest BCUT2D eigenvalue weighted by atomic mass is 9.94. The normalized spacial score (nSPS) is 20.7. The number of amidine groups is 1. The van der Waals surface area contributed by atoms with Gasteiger partial charge in [0.25, 0.3) is 5.24 Å². The van der Waals surface area contributed by atoms with Crippen LogP contribution in [-0.4, -0.2) is 48.8 Å². The van der Waals surface area contributed by atoms with Crippen LogP contribution in [0, 0.1) is 0 Å². The molecule has 3 aliphatic rings. The summed E-state index contributed by atoms with van der Waals surface area (Å²) in [5, 5.41) is 4.42. The van der Waals surface area contributed by atoms with E-state index < -0.39 is 0 Å². The summed E-state index contributed by atoms with van der Waals surface area (Å²) >= 11 is 1.32. The summed E-state index contributed by atoms with van der Waals surface area (Å²) in [6.45, 7) is 3.01. The molecule has 1 N–H and O–H groups in total. The highest BCUT2D eigenvalue weighted by atomic mass is 32.2. The molecule has 196 valence electrons. The molecule has 0 radical (unpaired) electrons. The maximum Gasteiger partial charge on any atom is 0.299 e. The van der Waals surface area contributed by atoms with Gasteiger partial charge in [0.1, 0.15) is 5.84 Å². The fourth-order valence-electron chi connectivity index (χ4n) is 5.55. The van der Waals surface area contributed by atoms with Gasteiger partial charge in [-0.3, -0.25) is 9.79 Å². The summed E-state index contributed by atoms with van der Waals surface area (Å²) in [5.41, 5.74) is 8.21. The number of fused-ring (bicyclic) bond motifs is 1. The molecule has 5 rings (SSSR count). The minimum Gasteiger partial charge on any atom is -0.493 e. The lowest BCUT2D eigenvalue weighted by Crippen LogP contribution is -2.37. The van der Waals surface area contributed by atoms with Crippen molar-refractivity contribution in [3.8, 4) is 11.5 Å². The maximum atomic E-state index is 11.9. The SMILES string of the molecule is CCC1SC(=O)NN=C1c1ccc2c(c1)CCCN2/C(=N\C1CCCCC1)c1ccc(OC)c(OC)c1. The highest BCUT2D eigenvalue weighted by Crippen LogP contribution is 2.35. The molecule has 1 saturated carbocycles. The topological polar surface area (TPSA) is 75.5 Å². The average Bonchev–Trinajstić information content (AvgIpc) is 2.95. The molecule has 0 aromatic heterocycles. The molecule has 0 saturated heterocycles. The third kappa shape index (κ3) is 5.49. The zero-order valence-electron chi connectivity index (χ0n) is 22.0. The first-order valence-electron chi connectivity index (χ1n) is 13.4. The smallest absolute Gasteiger partial charge is 0.299 e. The summed E-state index contributed by atoms with van der Waals surface area (Å²) in [6, 6.07) is 13.1. The average molecular weight is 521 g/mol. The fourth-order valence-corrected chi connectivity index (χ4v) is 6.38. The third-order valence-corrected chi connectivity index (χ3v) is 8.61. The first-order valence-corrected chi connectivity index (χ1v) is 14.2. The van der Waals surface area contributed by atoms with E-state index in [4.69, 9.17) is 14.5 Å². The summed E-state index contributed by atoms with van der Waals surface area (Å²) in [6.07, 6.45) is 8.96. The number of hydrogen-bond acceptors (Lipinski definition) is 6. The van der Waals surface area contributed by atoms with E-state index in [1.54, 1.807) is 14.2 Å². The maximum absolute atomic E-state index is 11.9. The number of methoxy groups -OCH3 is 2.